The standard InChI is InChI=1S/C23H29N5O3S/c1-15-7-8-16(2)28(15)23-26-25-22(32-23)27-11-5-6-18(14-27)21(29)24-13-17-9-10-19(30-3)20(12-17)31-4/h7-10,12,18H,5-6,11,13-14H2,1-4H3,(H,24,29)/t18-/m1/s1. The number of carbonyl (C=O) groups is 1. The van der Waals surface area contributed by atoms with Crippen molar-refractivity contribution < 1.29 is 14.3 Å². The molecular weight excluding hydrogens is 426 g/mol. The number of aromatic nitrogens is 3. The largest absolute Gasteiger partial charge is 0.493 e. The third kappa shape index (κ3) is 4.57. The molecule has 0 saturated carbocycles. The van der Waals surface area contributed by atoms with Crippen molar-refractivity contribution in [3.8, 4) is 16.6 Å². The number of hydrogen-bond acceptors (Lipinski definition) is 7. The SMILES string of the molecule is COc1ccc(CNC(=O)[C@@H]2CCCN(c3nnc(-n4c(C)ccc4C)s3)C2)cc1OC. The Balaban J connectivity index is 1.38. The fourth-order valence-corrected chi connectivity index (χ4v) is 5.09. The second-order valence-corrected chi connectivity index (χ2v) is 8.95. The topological polar surface area (TPSA) is 81.5 Å². The molecule has 0 bridgehead atoms. The lowest BCUT2D eigenvalue weighted by Crippen LogP contribution is -2.43. The maximum Gasteiger partial charge on any atom is 0.225 e. The zero-order valence-electron chi connectivity index (χ0n) is 18.9. The van der Waals surface area contributed by atoms with Gasteiger partial charge in [0.25, 0.3) is 0 Å². The van der Waals surface area contributed by atoms with Crippen LogP contribution >= 0.6 is 11.3 Å². The molecule has 0 radical (unpaired) electrons. The van der Waals surface area contributed by atoms with Gasteiger partial charge in [0, 0.05) is 31.0 Å². The van der Waals surface area contributed by atoms with E-state index in [1.165, 1.54) is 0 Å². The number of carbonyl (C=O) groups excluding carboxylic acids is 1. The van der Waals surface area contributed by atoms with Crippen LogP contribution in [-0.4, -0.2) is 48.0 Å². The molecule has 8 nitrogen and oxygen atoms in total. The smallest absolute Gasteiger partial charge is 0.225 e. The summed E-state index contributed by atoms with van der Waals surface area (Å²) in [6.07, 6.45) is 1.82. The van der Waals surface area contributed by atoms with Gasteiger partial charge in [-0.1, -0.05) is 17.4 Å². The van der Waals surface area contributed by atoms with Gasteiger partial charge in [-0.3, -0.25) is 9.36 Å². The van der Waals surface area contributed by atoms with Gasteiger partial charge >= 0.3 is 0 Å². The lowest BCUT2D eigenvalue weighted by molar-refractivity contribution is -0.125. The van der Waals surface area contributed by atoms with Crippen molar-refractivity contribution in [2.24, 2.45) is 5.92 Å². The molecule has 3 aromatic rings. The summed E-state index contributed by atoms with van der Waals surface area (Å²) in [5, 5.41) is 13.6. The number of methoxy groups -OCH3 is 2. The van der Waals surface area contributed by atoms with Crippen LogP contribution in [0, 0.1) is 19.8 Å². The summed E-state index contributed by atoms with van der Waals surface area (Å²) in [5.74, 6) is 1.31. The van der Waals surface area contributed by atoms with E-state index in [0.717, 1.165) is 46.6 Å². The van der Waals surface area contributed by atoms with E-state index in [0.29, 0.717) is 24.6 Å². The zero-order valence-corrected chi connectivity index (χ0v) is 19.7. The number of hydrogen-bond donors (Lipinski definition) is 1. The summed E-state index contributed by atoms with van der Waals surface area (Å²) in [6, 6.07) is 9.83. The fraction of sp³-hybridized carbons (Fsp3) is 0.435. The van der Waals surface area contributed by atoms with Gasteiger partial charge in [0.15, 0.2) is 11.5 Å². The molecule has 0 unspecified atom stereocenters. The van der Waals surface area contributed by atoms with E-state index >= 15 is 0 Å². The minimum absolute atomic E-state index is 0.0614. The van der Waals surface area contributed by atoms with Crippen LogP contribution in [0.15, 0.2) is 30.3 Å². The molecular formula is C23H29N5O3S. The van der Waals surface area contributed by atoms with Gasteiger partial charge < -0.3 is 19.7 Å². The Kier molecular flexibility index (Phi) is 6.64. The van der Waals surface area contributed by atoms with Crippen molar-refractivity contribution in [1.29, 1.82) is 0 Å². The molecule has 1 aromatic carbocycles. The first kappa shape index (κ1) is 22.1. The van der Waals surface area contributed by atoms with Crippen LogP contribution in [0.2, 0.25) is 0 Å². The molecule has 2 aromatic heterocycles. The van der Waals surface area contributed by atoms with E-state index in [2.05, 4.69) is 51.0 Å². The Morgan fingerprint density at radius 1 is 1.09 bits per heavy atom. The maximum absolute atomic E-state index is 12.9. The lowest BCUT2D eigenvalue weighted by Gasteiger charge is -2.31. The summed E-state index contributed by atoms with van der Waals surface area (Å²) in [7, 11) is 3.21. The van der Waals surface area contributed by atoms with Gasteiger partial charge in [0.1, 0.15) is 0 Å². The van der Waals surface area contributed by atoms with Gasteiger partial charge in [0.05, 0.1) is 20.1 Å². The van der Waals surface area contributed by atoms with Gasteiger partial charge in [-0.05, 0) is 56.5 Å². The summed E-state index contributed by atoms with van der Waals surface area (Å²) < 4.78 is 12.7. The molecule has 0 spiro atoms. The van der Waals surface area contributed by atoms with Crippen molar-refractivity contribution in [2.75, 3.05) is 32.2 Å². The summed E-state index contributed by atoms with van der Waals surface area (Å²) >= 11 is 1.57. The zero-order chi connectivity index (χ0) is 22.7. The average molecular weight is 456 g/mol. The highest BCUT2D eigenvalue weighted by molar-refractivity contribution is 7.17. The first-order valence-electron chi connectivity index (χ1n) is 10.7. The Labute approximate surface area is 192 Å². The van der Waals surface area contributed by atoms with Gasteiger partial charge in [-0.25, -0.2) is 0 Å². The number of nitrogens with one attached hydrogen (secondary N) is 1. The Morgan fingerprint density at radius 3 is 2.53 bits per heavy atom. The predicted molar refractivity (Wildman–Crippen MR) is 125 cm³/mol. The summed E-state index contributed by atoms with van der Waals surface area (Å²) in [4.78, 5) is 15.1. The first-order valence-corrected chi connectivity index (χ1v) is 11.5. The molecule has 1 aliphatic heterocycles. The number of nitrogens with zero attached hydrogens (tertiary/aromatic N) is 4. The van der Waals surface area contributed by atoms with E-state index in [4.69, 9.17) is 9.47 Å². The molecule has 9 heteroatoms. The molecule has 1 aliphatic rings. The van der Waals surface area contributed by atoms with E-state index in [1.807, 2.05) is 18.2 Å². The number of piperidine rings is 1. The van der Waals surface area contributed by atoms with Crippen molar-refractivity contribution >= 4 is 22.4 Å². The number of rotatable bonds is 7. The lowest BCUT2D eigenvalue weighted by atomic mass is 9.97. The second-order valence-electron chi connectivity index (χ2n) is 8.01. The Hall–Kier alpha value is -3.07. The van der Waals surface area contributed by atoms with Crippen LogP contribution in [0.4, 0.5) is 5.13 Å². The van der Waals surface area contributed by atoms with Crippen LogP contribution in [0.5, 0.6) is 11.5 Å². The Morgan fingerprint density at radius 2 is 1.81 bits per heavy atom. The first-order chi connectivity index (χ1) is 15.5. The van der Waals surface area contributed by atoms with Crippen LogP contribution < -0.4 is 19.7 Å². The van der Waals surface area contributed by atoms with Crippen LogP contribution in [0.1, 0.15) is 29.8 Å². The van der Waals surface area contributed by atoms with E-state index < -0.39 is 0 Å². The van der Waals surface area contributed by atoms with E-state index in [1.54, 1.807) is 25.6 Å². The molecule has 1 N–H and O–H groups in total. The fourth-order valence-electron chi connectivity index (χ4n) is 4.09. The molecule has 3 heterocycles. The molecule has 1 atom stereocenters. The van der Waals surface area contributed by atoms with Crippen LogP contribution in [-0.2, 0) is 11.3 Å². The van der Waals surface area contributed by atoms with Gasteiger partial charge in [0.2, 0.25) is 16.2 Å². The van der Waals surface area contributed by atoms with Crippen molar-refractivity contribution in [2.45, 2.75) is 33.2 Å². The quantitative estimate of drug-likeness (QED) is 0.587. The van der Waals surface area contributed by atoms with Crippen molar-refractivity contribution in [3.63, 3.8) is 0 Å². The monoisotopic (exact) mass is 455 g/mol. The molecule has 1 amide bonds. The molecule has 32 heavy (non-hydrogen) atoms. The minimum Gasteiger partial charge on any atom is -0.493 e. The molecule has 4 rings (SSSR count). The van der Waals surface area contributed by atoms with Gasteiger partial charge in [-0.2, -0.15) is 0 Å². The predicted octanol–water partition coefficient (Wildman–Crippen LogP) is 3.50. The van der Waals surface area contributed by atoms with Crippen molar-refractivity contribution in [1.82, 2.24) is 20.1 Å². The molecule has 0 aliphatic carbocycles. The van der Waals surface area contributed by atoms with E-state index in [-0.39, 0.29) is 11.8 Å². The third-order valence-corrected chi connectivity index (χ3v) is 6.81. The molecule has 1 saturated heterocycles. The second kappa shape index (κ2) is 9.60. The number of ether oxygens (including phenoxy) is 2. The van der Waals surface area contributed by atoms with Crippen molar-refractivity contribution in [3.05, 3.63) is 47.3 Å². The number of aryl methyl sites for hydroxylation is 2. The average Bonchev–Trinajstić information content (AvgIpc) is 3.43. The molecule has 1 fully saturated rings. The Bertz CT molecular complexity index is 1070. The van der Waals surface area contributed by atoms with Gasteiger partial charge in [-0.15, -0.1) is 10.2 Å². The third-order valence-electron chi connectivity index (χ3n) is 5.84. The number of amides is 1. The number of benzene rings is 1. The number of anilines is 1. The highest BCUT2D eigenvalue weighted by Gasteiger charge is 2.28. The minimum atomic E-state index is -0.0775. The normalized spacial score (nSPS) is 16.1. The van der Waals surface area contributed by atoms with Crippen LogP contribution in [0.25, 0.3) is 5.13 Å². The maximum atomic E-state index is 12.9. The highest BCUT2D eigenvalue weighted by Crippen LogP contribution is 2.30. The van der Waals surface area contributed by atoms with Crippen LogP contribution in [0.3, 0.4) is 0 Å². The molecule has 170 valence electrons. The summed E-state index contributed by atoms with van der Waals surface area (Å²) in [5.41, 5.74) is 3.24. The van der Waals surface area contributed by atoms with E-state index in [9.17, 15) is 4.79 Å². The summed E-state index contributed by atoms with van der Waals surface area (Å²) in [6.45, 7) is 6.11. The highest BCUT2D eigenvalue weighted by atomic mass is 32.1.